The molecule has 3 N–H and O–H groups in total. The smallest absolute Gasteiger partial charge is 0.128 e. The number of aromatic nitrogens is 2. The molecule has 0 saturated carbocycles. The van der Waals surface area contributed by atoms with Gasteiger partial charge in [0.05, 0.1) is 12.9 Å². The second-order valence-electron chi connectivity index (χ2n) is 3.45. The van der Waals surface area contributed by atoms with Gasteiger partial charge in [-0.1, -0.05) is 12.1 Å². The third kappa shape index (κ3) is 2.08. The average molecular weight is 218 g/mol. The molecule has 5 heteroatoms. The molecule has 1 aromatic heterocycles. The summed E-state index contributed by atoms with van der Waals surface area (Å²) in [6.45, 7) is 0.421. The van der Waals surface area contributed by atoms with Crippen LogP contribution in [0.4, 0.5) is 4.39 Å². The molecule has 82 valence electrons. The Labute approximate surface area is 92.0 Å². The molecule has 0 atom stereocenters. The Balaban J connectivity index is 2.26. The van der Waals surface area contributed by atoms with Crippen molar-refractivity contribution in [3.63, 3.8) is 0 Å². The predicted molar refractivity (Wildman–Crippen MR) is 58.7 cm³/mol. The lowest BCUT2D eigenvalue weighted by molar-refractivity contribution is 0.599. The number of nitrogen functional groups attached to an aromatic ring is 1. The number of nitrogens with one attached hydrogen (secondary N) is 1. The summed E-state index contributed by atoms with van der Waals surface area (Å²) in [6, 6.07) is 4.54. The zero-order valence-corrected chi connectivity index (χ0v) is 8.52. The first kappa shape index (κ1) is 10.4. The summed E-state index contributed by atoms with van der Waals surface area (Å²) in [5, 5.41) is 7.19. The number of rotatable bonds is 3. The first-order valence-corrected chi connectivity index (χ1v) is 4.75. The summed E-state index contributed by atoms with van der Waals surface area (Å²) in [7, 11) is 0. The van der Waals surface area contributed by atoms with Gasteiger partial charge in [-0.2, -0.15) is 0 Å². The van der Waals surface area contributed by atoms with Crippen LogP contribution in [0.2, 0.25) is 0 Å². The van der Waals surface area contributed by atoms with Gasteiger partial charge in [-0.15, -0.1) is 0 Å². The average Bonchev–Trinajstić information content (AvgIpc) is 2.73. The molecule has 1 aromatic carbocycles. The van der Waals surface area contributed by atoms with E-state index in [1.807, 2.05) is 0 Å². The van der Waals surface area contributed by atoms with Gasteiger partial charge >= 0.3 is 0 Å². The number of amidine groups is 1. The Bertz CT molecular complexity index is 505. The highest BCUT2D eigenvalue weighted by atomic mass is 19.1. The Morgan fingerprint density at radius 1 is 1.50 bits per heavy atom. The molecule has 2 aromatic rings. The van der Waals surface area contributed by atoms with Gasteiger partial charge in [-0.3, -0.25) is 5.41 Å². The van der Waals surface area contributed by atoms with Gasteiger partial charge in [0.2, 0.25) is 0 Å². The van der Waals surface area contributed by atoms with E-state index in [1.165, 1.54) is 6.07 Å². The van der Waals surface area contributed by atoms with Crippen molar-refractivity contribution in [1.82, 2.24) is 9.55 Å². The van der Waals surface area contributed by atoms with Gasteiger partial charge < -0.3 is 10.3 Å². The van der Waals surface area contributed by atoms with E-state index in [-0.39, 0.29) is 11.7 Å². The van der Waals surface area contributed by atoms with Crippen LogP contribution in [0.25, 0.3) is 0 Å². The molecule has 0 amide bonds. The lowest BCUT2D eigenvalue weighted by Crippen LogP contribution is -2.12. The van der Waals surface area contributed by atoms with Crippen molar-refractivity contribution in [2.24, 2.45) is 5.73 Å². The van der Waals surface area contributed by atoms with Crippen LogP contribution in [0.15, 0.2) is 36.9 Å². The lowest BCUT2D eigenvalue weighted by atomic mass is 10.1. The van der Waals surface area contributed by atoms with Crippen molar-refractivity contribution >= 4 is 5.84 Å². The number of hydrogen-bond donors (Lipinski definition) is 2. The van der Waals surface area contributed by atoms with E-state index in [0.717, 1.165) is 0 Å². The minimum atomic E-state index is -0.360. The highest BCUT2D eigenvalue weighted by Crippen LogP contribution is 2.11. The number of nitrogens with zero attached hydrogens (tertiary/aromatic N) is 2. The van der Waals surface area contributed by atoms with Crippen LogP contribution < -0.4 is 5.73 Å². The molecular weight excluding hydrogens is 207 g/mol. The van der Waals surface area contributed by atoms with Crippen LogP contribution in [-0.2, 0) is 6.54 Å². The second-order valence-corrected chi connectivity index (χ2v) is 3.45. The summed E-state index contributed by atoms with van der Waals surface area (Å²) in [5.41, 5.74) is 6.21. The quantitative estimate of drug-likeness (QED) is 0.603. The van der Waals surface area contributed by atoms with E-state index in [1.54, 1.807) is 35.4 Å². The van der Waals surface area contributed by atoms with Crippen LogP contribution in [0.1, 0.15) is 11.1 Å². The molecule has 1 heterocycles. The van der Waals surface area contributed by atoms with Gasteiger partial charge in [0.1, 0.15) is 11.7 Å². The number of imidazole rings is 1. The number of halogens is 1. The highest BCUT2D eigenvalue weighted by Gasteiger charge is 2.05. The molecule has 0 fully saturated rings. The largest absolute Gasteiger partial charge is 0.384 e. The topological polar surface area (TPSA) is 67.7 Å². The van der Waals surface area contributed by atoms with Gasteiger partial charge in [0, 0.05) is 23.5 Å². The van der Waals surface area contributed by atoms with Gasteiger partial charge in [-0.05, 0) is 6.07 Å². The van der Waals surface area contributed by atoms with Crippen LogP contribution in [0.5, 0.6) is 0 Å². The fourth-order valence-electron chi connectivity index (χ4n) is 1.42. The maximum atomic E-state index is 13.6. The molecule has 4 nitrogen and oxygen atoms in total. The van der Waals surface area contributed by atoms with Crippen molar-refractivity contribution in [1.29, 1.82) is 5.41 Å². The minimum absolute atomic E-state index is 0.131. The zero-order chi connectivity index (χ0) is 11.5. The third-order valence-corrected chi connectivity index (χ3v) is 2.28. The molecule has 0 unspecified atom stereocenters. The van der Waals surface area contributed by atoms with E-state index < -0.39 is 0 Å². The summed E-state index contributed by atoms with van der Waals surface area (Å²) in [6.07, 6.45) is 5.03. The standard InChI is InChI=1S/C11H11FN4/c12-10-5-8(11(13)14)1-2-9(10)6-16-4-3-15-7-16/h1-5,7H,6H2,(H3,13,14). The molecule has 0 aliphatic carbocycles. The molecule has 0 radical (unpaired) electrons. The van der Waals surface area contributed by atoms with Gasteiger partial charge in [-0.25, -0.2) is 9.37 Å². The van der Waals surface area contributed by atoms with E-state index in [9.17, 15) is 4.39 Å². The maximum absolute atomic E-state index is 13.6. The number of benzene rings is 1. The van der Waals surface area contributed by atoms with Crippen molar-refractivity contribution in [3.05, 3.63) is 53.9 Å². The van der Waals surface area contributed by atoms with E-state index in [0.29, 0.717) is 17.7 Å². The second kappa shape index (κ2) is 4.14. The van der Waals surface area contributed by atoms with Crippen molar-refractivity contribution < 1.29 is 4.39 Å². The summed E-state index contributed by atoms with van der Waals surface area (Å²) < 4.78 is 15.4. The monoisotopic (exact) mass is 218 g/mol. The Morgan fingerprint density at radius 3 is 2.88 bits per heavy atom. The highest BCUT2D eigenvalue weighted by molar-refractivity contribution is 5.94. The van der Waals surface area contributed by atoms with Crippen LogP contribution >= 0.6 is 0 Å². The molecule has 0 bridgehead atoms. The first-order valence-electron chi connectivity index (χ1n) is 4.75. The van der Waals surface area contributed by atoms with Crippen LogP contribution in [0, 0.1) is 11.2 Å². The zero-order valence-electron chi connectivity index (χ0n) is 8.52. The third-order valence-electron chi connectivity index (χ3n) is 2.28. The Morgan fingerprint density at radius 2 is 2.31 bits per heavy atom. The SMILES string of the molecule is N=C(N)c1ccc(Cn2ccnc2)c(F)c1. The molecule has 0 saturated heterocycles. The number of hydrogen-bond acceptors (Lipinski definition) is 2. The van der Waals surface area contributed by atoms with Crippen molar-refractivity contribution in [3.8, 4) is 0 Å². The maximum Gasteiger partial charge on any atom is 0.128 e. The summed E-state index contributed by atoms with van der Waals surface area (Å²) in [5.74, 6) is -0.491. The summed E-state index contributed by atoms with van der Waals surface area (Å²) >= 11 is 0. The Kier molecular flexibility index (Phi) is 2.68. The van der Waals surface area contributed by atoms with Gasteiger partial charge in [0.15, 0.2) is 0 Å². The van der Waals surface area contributed by atoms with E-state index >= 15 is 0 Å². The van der Waals surface area contributed by atoms with Gasteiger partial charge in [0.25, 0.3) is 0 Å². The van der Waals surface area contributed by atoms with Crippen molar-refractivity contribution in [2.45, 2.75) is 6.54 Å². The van der Waals surface area contributed by atoms with Crippen LogP contribution in [-0.4, -0.2) is 15.4 Å². The fraction of sp³-hybridized carbons (Fsp3) is 0.0909. The van der Waals surface area contributed by atoms with E-state index in [4.69, 9.17) is 11.1 Å². The Hall–Kier alpha value is -2.17. The first-order chi connectivity index (χ1) is 7.66. The molecule has 0 aliphatic heterocycles. The lowest BCUT2D eigenvalue weighted by Gasteiger charge is -2.06. The fourth-order valence-corrected chi connectivity index (χ4v) is 1.42. The normalized spacial score (nSPS) is 10.3. The molecule has 0 aliphatic rings. The molecule has 2 rings (SSSR count). The predicted octanol–water partition coefficient (Wildman–Crippen LogP) is 1.35. The van der Waals surface area contributed by atoms with Crippen molar-refractivity contribution in [2.75, 3.05) is 0 Å². The molecule has 16 heavy (non-hydrogen) atoms. The number of nitrogens with two attached hydrogens (primary N) is 1. The molecular formula is C11H11FN4. The van der Waals surface area contributed by atoms with E-state index in [2.05, 4.69) is 4.98 Å². The minimum Gasteiger partial charge on any atom is -0.384 e. The van der Waals surface area contributed by atoms with Crippen LogP contribution in [0.3, 0.4) is 0 Å². The summed E-state index contributed by atoms with van der Waals surface area (Å²) in [4.78, 5) is 3.88. The molecule has 0 spiro atoms.